The van der Waals surface area contributed by atoms with Gasteiger partial charge in [-0.15, -0.1) is 11.3 Å². The number of nitrogens with one attached hydrogen (secondary N) is 1. The number of esters is 1. The summed E-state index contributed by atoms with van der Waals surface area (Å²) in [4.78, 5) is 45.2. The second-order valence-corrected chi connectivity index (χ2v) is 8.26. The Morgan fingerprint density at radius 3 is 2.47 bits per heavy atom. The van der Waals surface area contributed by atoms with E-state index in [9.17, 15) is 14.4 Å². The van der Waals surface area contributed by atoms with Gasteiger partial charge in [0.05, 0.1) is 28.1 Å². The van der Waals surface area contributed by atoms with Crippen molar-refractivity contribution in [3.8, 4) is 0 Å². The number of rotatable bonds is 8. The van der Waals surface area contributed by atoms with E-state index in [1.165, 1.54) is 0 Å². The minimum atomic E-state index is -0.556. The van der Waals surface area contributed by atoms with E-state index in [2.05, 4.69) is 10.3 Å². The van der Waals surface area contributed by atoms with Crippen molar-refractivity contribution in [2.45, 2.75) is 41.2 Å². The molecule has 0 unspecified atom stereocenters. The van der Waals surface area contributed by atoms with Crippen LogP contribution in [-0.2, 0) is 16.1 Å². The summed E-state index contributed by atoms with van der Waals surface area (Å²) in [5.74, 6) is -0.323. The average Bonchev–Trinajstić information content (AvgIpc) is 3.25. The standard InChI is InChI=1S/C23H28N4O4S/c1-6-26(7-2)22(29)20-14(4)19(23(30)31-8-3)21(32-20)25-18(28)13-27-15(5)24-16-11-9-10-12-17(16)27/h9-12H,6-8,13H2,1-5H3,(H,25,28). The first-order chi connectivity index (χ1) is 15.3. The zero-order valence-electron chi connectivity index (χ0n) is 19.0. The summed E-state index contributed by atoms with van der Waals surface area (Å²) in [6.45, 7) is 10.4. The van der Waals surface area contributed by atoms with E-state index >= 15 is 0 Å². The molecule has 0 bridgehead atoms. The van der Waals surface area contributed by atoms with Crippen molar-refractivity contribution in [2.75, 3.05) is 25.0 Å². The largest absolute Gasteiger partial charge is 0.462 e. The number of hydrogen-bond acceptors (Lipinski definition) is 6. The van der Waals surface area contributed by atoms with Crippen molar-refractivity contribution < 1.29 is 19.1 Å². The van der Waals surface area contributed by atoms with Crippen molar-refractivity contribution in [1.29, 1.82) is 0 Å². The van der Waals surface area contributed by atoms with Gasteiger partial charge < -0.3 is 19.5 Å². The number of ether oxygens (including phenoxy) is 1. The normalized spacial score (nSPS) is 10.9. The number of anilines is 1. The number of nitrogens with zero attached hydrogens (tertiary/aromatic N) is 3. The molecule has 9 heteroatoms. The van der Waals surface area contributed by atoms with E-state index in [1.54, 1.807) is 18.7 Å². The highest BCUT2D eigenvalue weighted by Crippen LogP contribution is 2.34. The van der Waals surface area contributed by atoms with Gasteiger partial charge in [-0.25, -0.2) is 9.78 Å². The van der Waals surface area contributed by atoms with E-state index in [1.807, 2.05) is 49.6 Å². The Hall–Kier alpha value is -3.20. The second kappa shape index (κ2) is 9.95. The van der Waals surface area contributed by atoms with Crippen LogP contribution in [0.2, 0.25) is 0 Å². The molecule has 3 rings (SSSR count). The molecule has 170 valence electrons. The van der Waals surface area contributed by atoms with Crippen LogP contribution in [0.1, 0.15) is 52.2 Å². The van der Waals surface area contributed by atoms with Crippen LogP contribution in [0.5, 0.6) is 0 Å². The van der Waals surface area contributed by atoms with Crippen LogP contribution in [0.4, 0.5) is 5.00 Å². The minimum absolute atomic E-state index is 0.0326. The summed E-state index contributed by atoms with van der Waals surface area (Å²) >= 11 is 1.11. The molecule has 0 fully saturated rings. The van der Waals surface area contributed by atoms with Crippen molar-refractivity contribution in [3.63, 3.8) is 0 Å². The number of thiophene rings is 1. The number of benzene rings is 1. The number of carbonyl (C=O) groups excluding carboxylic acids is 3. The smallest absolute Gasteiger partial charge is 0.341 e. The fourth-order valence-electron chi connectivity index (χ4n) is 3.61. The SMILES string of the molecule is CCOC(=O)c1c(NC(=O)Cn2c(C)nc3ccccc32)sc(C(=O)N(CC)CC)c1C. The van der Waals surface area contributed by atoms with Crippen LogP contribution in [-0.4, -0.2) is 51.9 Å². The van der Waals surface area contributed by atoms with Gasteiger partial charge in [-0.3, -0.25) is 9.59 Å². The molecule has 32 heavy (non-hydrogen) atoms. The summed E-state index contributed by atoms with van der Waals surface area (Å²) in [5, 5.41) is 3.15. The molecular weight excluding hydrogens is 428 g/mol. The molecule has 0 radical (unpaired) electrons. The predicted molar refractivity (Wildman–Crippen MR) is 125 cm³/mol. The van der Waals surface area contributed by atoms with E-state index in [0.717, 1.165) is 22.4 Å². The van der Waals surface area contributed by atoms with Crippen LogP contribution in [0.25, 0.3) is 11.0 Å². The Morgan fingerprint density at radius 2 is 1.81 bits per heavy atom. The number of aryl methyl sites for hydroxylation is 1. The zero-order valence-corrected chi connectivity index (χ0v) is 19.8. The van der Waals surface area contributed by atoms with Crippen LogP contribution in [0.3, 0.4) is 0 Å². The highest BCUT2D eigenvalue weighted by molar-refractivity contribution is 7.18. The van der Waals surface area contributed by atoms with Gasteiger partial charge in [0.1, 0.15) is 17.4 Å². The highest BCUT2D eigenvalue weighted by Gasteiger charge is 2.28. The van der Waals surface area contributed by atoms with E-state index in [4.69, 9.17) is 4.74 Å². The van der Waals surface area contributed by atoms with Gasteiger partial charge in [0.2, 0.25) is 5.91 Å². The van der Waals surface area contributed by atoms with Gasteiger partial charge >= 0.3 is 5.97 Å². The molecule has 0 aliphatic heterocycles. The van der Waals surface area contributed by atoms with Crippen molar-refractivity contribution in [2.24, 2.45) is 0 Å². The monoisotopic (exact) mass is 456 g/mol. The Bertz CT molecular complexity index is 1160. The molecule has 2 heterocycles. The average molecular weight is 457 g/mol. The zero-order chi connectivity index (χ0) is 23.4. The van der Waals surface area contributed by atoms with Gasteiger partial charge in [-0.2, -0.15) is 0 Å². The lowest BCUT2D eigenvalue weighted by Crippen LogP contribution is -2.30. The molecule has 2 aromatic heterocycles. The number of para-hydroxylation sites is 2. The van der Waals surface area contributed by atoms with Crippen molar-refractivity contribution in [3.05, 3.63) is 46.1 Å². The highest BCUT2D eigenvalue weighted by atomic mass is 32.1. The third-order valence-electron chi connectivity index (χ3n) is 5.27. The summed E-state index contributed by atoms with van der Waals surface area (Å²) in [6.07, 6.45) is 0. The quantitative estimate of drug-likeness (QED) is 0.517. The molecule has 8 nitrogen and oxygen atoms in total. The van der Waals surface area contributed by atoms with Crippen molar-refractivity contribution in [1.82, 2.24) is 14.5 Å². The van der Waals surface area contributed by atoms with Gasteiger partial charge in [-0.1, -0.05) is 12.1 Å². The molecule has 3 aromatic rings. The molecule has 0 atom stereocenters. The minimum Gasteiger partial charge on any atom is -0.462 e. The third-order valence-corrected chi connectivity index (χ3v) is 6.47. The predicted octanol–water partition coefficient (Wildman–Crippen LogP) is 4.01. The lowest BCUT2D eigenvalue weighted by atomic mass is 10.1. The number of imidazole rings is 1. The Kier molecular flexibility index (Phi) is 7.29. The molecule has 0 spiro atoms. The Balaban J connectivity index is 1.94. The van der Waals surface area contributed by atoms with Crippen molar-refractivity contribution >= 4 is 45.2 Å². The first-order valence-corrected chi connectivity index (χ1v) is 11.4. The fourth-order valence-corrected chi connectivity index (χ4v) is 4.79. The van der Waals surface area contributed by atoms with Gasteiger partial charge in [0.15, 0.2) is 0 Å². The van der Waals surface area contributed by atoms with Crippen LogP contribution in [0.15, 0.2) is 24.3 Å². The number of fused-ring (bicyclic) bond motifs is 1. The first kappa shape index (κ1) is 23.5. The lowest BCUT2D eigenvalue weighted by molar-refractivity contribution is -0.116. The van der Waals surface area contributed by atoms with Crippen LogP contribution in [0, 0.1) is 13.8 Å². The Labute approximate surface area is 191 Å². The molecule has 0 saturated heterocycles. The maximum atomic E-state index is 13.0. The molecule has 0 saturated carbocycles. The molecule has 1 N–H and O–H groups in total. The molecule has 1 aromatic carbocycles. The number of amides is 2. The van der Waals surface area contributed by atoms with Crippen LogP contribution < -0.4 is 5.32 Å². The van der Waals surface area contributed by atoms with Gasteiger partial charge in [0, 0.05) is 13.1 Å². The molecule has 2 amide bonds. The summed E-state index contributed by atoms with van der Waals surface area (Å²) in [5.41, 5.74) is 2.41. The first-order valence-electron chi connectivity index (χ1n) is 10.6. The number of hydrogen-bond donors (Lipinski definition) is 1. The maximum absolute atomic E-state index is 13.0. The molecule has 0 aliphatic carbocycles. The fraction of sp³-hybridized carbons (Fsp3) is 0.391. The molecular formula is C23H28N4O4S. The van der Waals surface area contributed by atoms with Gasteiger partial charge in [-0.05, 0) is 52.3 Å². The maximum Gasteiger partial charge on any atom is 0.341 e. The summed E-state index contributed by atoms with van der Waals surface area (Å²) in [6, 6.07) is 7.59. The molecule has 0 aliphatic rings. The van der Waals surface area contributed by atoms with E-state index in [0.29, 0.717) is 34.4 Å². The second-order valence-electron chi connectivity index (χ2n) is 7.24. The van der Waals surface area contributed by atoms with Gasteiger partial charge in [0.25, 0.3) is 5.91 Å². The number of carbonyl (C=O) groups is 3. The Morgan fingerprint density at radius 1 is 1.12 bits per heavy atom. The van der Waals surface area contributed by atoms with E-state index in [-0.39, 0.29) is 30.5 Å². The van der Waals surface area contributed by atoms with Crippen LogP contribution >= 0.6 is 11.3 Å². The summed E-state index contributed by atoms with van der Waals surface area (Å²) < 4.78 is 7.01. The third kappa shape index (κ3) is 4.52. The summed E-state index contributed by atoms with van der Waals surface area (Å²) in [7, 11) is 0. The van der Waals surface area contributed by atoms with E-state index < -0.39 is 5.97 Å². The number of aromatic nitrogens is 2. The lowest BCUT2D eigenvalue weighted by Gasteiger charge is -2.18. The topological polar surface area (TPSA) is 93.5 Å².